The van der Waals surface area contributed by atoms with E-state index in [1.54, 1.807) is 33.8 Å². The van der Waals surface area contributed by atoms with Crippen LogP contribution in [0.15, 0.2) is 10.9 Å². The van der Waals surface area contributed by atoms with Crippen LogP contribution in [0.25, 0.3) is 0 Å². The highest BCUT2D eigenvalue weighted by Crippen LogP contribution is 2.26. The molecule has 0 saturated heterocycles. The number of aryl methyl sites for hydroxylation is 3. The van der Waals surface area contributed by atoms with Crippen molar-refractivity contribution in [2.45, 2.75) is 27.7 Å². The zero-order valence-corrected chi connectivity index (χ0v) is 14.6. The molecule has 2 aromatic rings. The van der Waals surface area contributed by atoms with E-state index in [4.69, 9.17) is 33.7 Å². The molecule has 23 heavy (non-hydrogen) atoms. The highest BCUT2D eigenvalue weighted by atomic mass is 35.5. The van der Waals surface area contributed by atoms with E-state index in [0.717, 1.165) is 11.3 Å². The summed E-state index contributed by atoms with van der Waals surface area (Å²) in [6, 6.07) is 5.58. The fourth-order valence-corrected chi connectivity index (χ4v) is 2.36. The normalized spacial score (nSPS) is 9.39. The number of nitrogens with one attached hydrogen (secondary N) is 1. The summed E-state index contributed by atoms with van der Waals surface area (Å²) in [5.74, 6) is 0. The fraction of sp³-hybridized carbons (Fsp3) is 0.250. The number of nitriles is 2. The molecule has 0 spiro atoms. The van der Waals surface area contributed by atoms with Gasteiger partial charge in [0.2, 0.25) is 0 Å². The van der Waals surface area contributed by atoms with Gasteiger partial charge in [-0.25, -0.2) is 4.98 Å². The van der Waals surface area contributed by atoms with E-state index in [9.17, 15) is 4.79 Å². The number of aromatic nitrogens is 2. The van der Waals surface area contributed by atoms with Crippen LogP contribution in [-0.2, 0) is 0 Å². The number of hydrogen-bond donors (Lipinski definition) is 1. The Balaban J connectivity index is 0.000000231. The highest BCUT2D eigenvalue weighted by molar-refractivity contribution is 6.34. The van der Waals surface area contributed by atoms with Crippen LogP contribution in [0.4, 0.5) is 0 Å². The molecule has 0 aliphatic heterocycles. The Morgan fingerprint density at radius 1 is 1.09 bits per heavy atom. The van der Waals surface area contributed by atoms with Crippen molar-refractivity contribution in [1.29, 1.82) is 10.5 Å². The van der Waals surface area contributed by atoms with Crippen LogP contribution in [0.2, 0.25) is 10.2 Å². The van der Waals surface area contributed by atoms with E-state index in [0.29, 0.717) is 21.8 Å². The summed E-state index contributed by atoms with van der Waals surface area (Å²) < 4.78 is 0. The number of halogens is 2. The quantitative estimate of drug-likeness (QED) is 0.733. The largest absolute Gasteiger partial charge is 0.325 e. The molecule has 0 atom stereocenters. The van der Waals surface area contributed by atoms with Gasteiger partial charge in [0.05, 0.1) is 16.3 Å². The second kappa shape index (κ2) is 7.78. The first-order valence-electron chi connectivity index (χ1n) is 6.55. The van der Waals surface area contributed by atoms with Gasteiger partial charge in [0.25, 0.3) is 5.56 Å². The summed E-state index contributed by atoms with van der Waals surface area (Å²) in [7, 11) is 0. The van der Waals surface area contributed by atoms with Gasteiger partial charge < -0.3 is 4.98 Å². The summed E-state index contributed by atoms with van der Waals surface area (Å²) in [6.45, 7) is 7.04. The first-order chi connectivity index (χ1) is 10.7. The summed E-state index contributed by atoms with van der Waals surface area (Å²) >= 11 is 11.6. The molecular weight excluding hydrogens is 335 g/mol. The maximum Gasteiger partial charge on any atom is 0.266 e. The lowest BCUT2D eigenvalue weighted by molar-refractivity contribution is 1.10. The molecule has 0 radical (unpaired) electrons. The highest BCUT2D eigenvalue weighted by Gasteiger charge is 2.10. The Labute approximate surface area is 144 Å². The summed E-state index contributed by atoms with van der Waals surface area (Å²) in [5.41, 5.74) is 3.11. The molecule has 0 fully saturated rings. The maximum absolute atomic E-state index is 11.0. The minimum atomic E-state index is -0.301. The zero-order chi connectivity index (χ0) is 17.7. The lowest BCUT2D eigenvalue weighted by Gasteiger charge is -2.04. The van der Waals surface area contributed by atoms with Crippen LogP contribution in [0, 0.1) is 50.4 Å². The Morgan fingerprint density at radius 3 is 2.13 bits per heavy atom. The lowest BCUT2D eigenvalue weighted by atomic mass is 10.1. The predicted molar refractivity (Wildman–Crippen MR) is 89.7 cm³/mol. The second-order valence-electron chi connectivity index (χ2n) is 4.87. The van der Waals surface area contributed by atoms with Crippen LogP contribution in [0.3, 0.4) is 0 Å². The van der Waals surface area contributed by atoms with Gasteiger partial charge in [0.1, 0.15) is 22.9 Å². The van der Waals surface area contributed by atoms with Crippen molar-refractivity contribution < 1.29 is 0 Å². The Hall–Kier alpha value is -2.34. The molecule has 118 valence electrons. The first kappa shape index (κ1) is 18.7. The van der Waals surface area contributed by atoms with Gasteiger partial charge in [-0.1, -0.05) is 23.2 Å². The van der Waals surface area contributed by atoms with Gasteiger partial charge in [-0.2, -0.15) is 10.5 Å². The molecule has 7 heteroatoms. The molecule has 2 heterocycles. The zero-order valence-electron chi connectivity index (χ0n) is 13.1. The van der Waals surface area contributed by atoms with Crippen LogP contribution in [0.5, 0.6) is 0 Å². The molecule has 0 aliphatic rings. The Morgan fingerprint density at radius 2 is 1.65 bits per heavy atom. The molecule has 0 aliphatic carbocycles. The smallest absolute Gasteiger partial charge is 0.266 e. The van der Waals surface area contributed by atoms with E-state index in [1.165, 1.54) is 0 Å². The van der Waals surface area contributed by atoms with E-state index >= 15 is 0 Å². The molecule has 1 N–H and O–H groups in total. The number of hydrogen-bond acceptors (Lipinski definition) is 4. The van der Waals surface area contributed by atoms with E-state index in [2.05, 4.69) is 9.97 Å². The SMILES string of the molecule is Cc1cc(C)c(C#N)c(=O)[nH]1.Cc1nc(Cl)c(C#N)c(C)c1Cl. The van der Waals surface area contributed by atoms with Crippen molar-refractivity contribution in [2.75, 3.05) is 0 Å². The number of aromatic amines is 1. The maximum atomic E-state index is 11.0. The van der Waals surface area contributed by atoms with Crippen LogP contribution >= 0.6 is 23.2 Å². The van der Waals surface area contributed by atoms with Crippen LogP contribution in [0.1, 0.15) is 33.6 Å². The van der Waals surface area contributed by atoms with E-state index in [1.807, 2.05) is 12.1 Å². The molecular formula is C16H14Cl2N4O. The van der Waals surface area contributed by atoms with Gasteiger partial charge in [-0.3, -0.25) is 4.79 Å². The van der Waals surface area contributed by atoms with E-state index < -0.39 is 0 Å². The fourth-order valence-electron chi connectivity index (χ4n) is 1.91. The van der Waals surface area contributed by atoms with Crippen molar-refractivity contribution in [2.24, 2.45) is 0 Å². The van der Waals surface area contributed by atoms with Gasteiger partial charge in [0, 0.05) is 5.69 Å². The number of nitrogens with zero attached hydrogens (tertiary/aromatic N) is 3. The molecule has 2 aromatic heterocycles. The number of H-pyrrole nitrogens is 1. The third-order valence-corrected chi connectivity index (χ3v) is 3.91. The molecule has 0 amide bonds. The van der Waals surface area contributed by atoms with E-state index in [-0.39, 0.29) is 16.3 Å². The first-order valence-corrected chi connectivity index (χ1v) is 7.31. The van der Waals surface area contributed by atoms with Crippen molar-refractivity contribution in [1.82, 2.24) is 9.97 Å². The lowest BCUT2D eigenvalue weighted by Crippen LogP contribution is -2.12. The summed E-state index contributed by atoms with van der Waals surface area (Å²) in [4.78, 5) is 17.5. The molecule has 2 rings (SSSR count). The molecule has 0 unspecified atom stereocenters. The van der Waals surface area contributed by atoms with Gasteiger partial charge in [-0.15, -0.1) is 0 Å². The van der Waals surface area contributed by atoms with Crippen molar-refractivity contribution in [3.8, 4) is 12.1 Å². The Kier molecular flexibility index (Phi) is 6.33. The molecule has 0 aromatic carbocycles. The summed E-state index contributed by atoms with van der Waals surface area (Å²) in [6.07, 6.45) is 0. The van der Waals surface area contributed by atoms with Gasteiger partial charge in [0.15, 0.2) is 0 Å². The van der Waals surface area contributed by atoms with Gasteiger partial charge in [-0.05, 0) is 44.9 Å². The monoisotopic (exact) mass is 348 g/mol. The average Bonchev–Trinajstić information content (AvgIpc) is 2.45. The van der Waals surface area contributed by atoms with Crippen molar-refractivity contribution in [3.63, 3.8) is 0 Å². The third-order valence-electron chi connectivity index (χ3n) is 3.08. The van der Waals surface area contributed by atoms with Gasteiger partial charge >= 0.3 is 0 Å². The third kappa shape index (κ3) is 4.32. The predicted octanol–water partition coefficient (Wildman–Crippen LogP) is 3.74. The van der Waals surface area contributed by atoms with Crippen molar-refractivity contribution >= 4 is 23.2 Å². The number of rotatable bonds is 0. The minimum Gasteiger partial charge on any atom is -0.325 e. The standard InChI is InChI=1S/C8H6Cl2N2.C8H8N2O/c1-4-6(3-11)8(10)12-5(2)7(4)9;1-5-3-6(2)10-8(11)7(5)4-9/h1-2H3;3H,1-2H3,(H,10,11). The second-order valence-corrected chi connectivity index (χ2v) is 5.60. The molecule has 0 bridgehead atoms. The minimum absolute atomic E-state index is 0.204. The molecule has 0 saturated carbocycles. The summed E-state index contributed by atoms with van der Waals surface area (Å²) in [5, 5.41) is 17.9. The average molecular weight is 349 g/mol. The topological polar surface area (TPSA) is 93.3 Å². The number of pyridine rings is 2. The van der Waals surface area contributed by atoms with Crippen molar-refractivity contribution in [3.05, 3.63) is 60.2 Å². The van der Waals surface area contributed by atoms with Crippen LogP contribution < -0.4 is 5.56 Å². The molecule has 5 nitrogen and oxygen atoms in total. The Bertz CT molecular complexity index is 889. The van der Waals surface area contributed by atoms with Crippen LogP contribution in [-0.4, -0.2) is 9.97 Å².